The lowest BCUT2D eigenvalue weighted by atomic mass is 10.1. The molecular formula is C13H21ClN2. The second kappa shape index (κ2) is 6.09. The maximum atomic E-state index is 5.75. The van der Waals surface area contributed by atoms with Gasteiger partial charge in [0.05, 0.1) is 0 Å². The van der Waals surface area contributed by atoms with Crippen molar-refractivity contribution in [1.82, 2.24) is 4.98 Å². The monoisotopic (exact) mass is 240 g/mol. The van der Waals surface area contributed by atoms with E-state index in [2.05, 4.69) is 43.6 Å². The highest BCUT2D eigenvalue weighted by Crippen LogP contribution is 2.16. The van der Waals surface area contributed by atoms with Crippen molar-refractivity contribution in [1.29, 1.82) is 0 Å². The smallest absolute Gasteiger partial charge is 0.128 e. The number of aromatic nitrogens is 1. The lowest BCUT2D eigenvalue weighted by Crippen LogP contribution is -2.34. The fraction of sp³-hybridized carbons (Fsp3) is 0.615. The lowest BCUT2D eigenvalue weighted by molar-refractivity contribution is 0.566. The van der Waals surface area contributed by atoms with Gasteiger partial charge in [0.1, 0.15) is 5.82 Å². The standard InChI is InChI=1S/C13H21ClN2/c1-10(2)9-16(11(3)4)13-6-5-12(7-14)8-15-13/h5-6,8,10-11H,7,9H2,1-4H3. The van der Waals surface area contributed by atoms with E-state index in [-0.39, 0.29) is 0 Å². The molecule has 90 valence electrons. The second-order valence-electron chi connectivity index (χ2n) is 4.80. The van der Waals surface area contributed by atoms with E-state index in [0.717, 1.165) is 17.9 Å². The molecule has 3 heteroatoms. The Kier molecular flexibility index (Phi) is 5.07. The third-order valence-corrected chi connectivity index (χ3v) is 2.75. The molecule has 0 amide bonds. The SMILES string of the molecule is CC(C)CN(c1ccc(CCl)cn1)C(C)C. The van der Waals surface area contributed by atoms with E-state index in [1.807, 2.05) is 12.3 Å². The number of hydrogen-bond acceptors (Lipinski definition) is 2. The maximum absolute atomic E-state index is 5.75. The number of halogens is 1. The van der Waals surface area contributed by atoms with E-state index in [9.17, 15) is 0 Å². The molecule has 2 nitrogen and oxygen atoms in total. The summed E-state index contributed by atoms with van der Waals surface area (Å²) >= 11 is 5.75. The van der Waals surface area contributed by atoms with Crippen LogP contribution in [0.25, 0.3) is 0 Å². The van der Waals surface area contributed by atoms with Gasteiger partial charge in [-0.25, -0.2) is 4.98 Å². The van der Waals surface area contributed by atoms with E-state index in [1.54, 1.807) is 0 Å². The van der Waals surface area contributed by atoms with Gasteiger partial charge in [-0.3, -0.25) is 0 Å². The Balaban J connectivity index is 2.84. The fourth-order valence-corrected chi connectivity index (χ4v) is 1.79. The van der Waals surface area contributed by atoms with Crippen LogP contribution >= 0.6 is 11.6 Å². The summed E-state index contributed by atoms with van der Waals surface area (Å²) in [6.45, 7) is 9.87. The quantitative estimate of drug-likeness (QED) is 0.730. The summed E-state index contributed by atoms with van der Waals surface area (Å²) in [6, 6.07) is 4.57. The van der Waals surface area contributed by atoms with Gasteiger partial charge in [0.15, 0.2) is 0 Å². The molecule has 0 bridgehead atoms. The van der Waals surface area contributed by atoms with Crippen molar-refractivity contribution in [2.24, 2.45) is 5.92 Å². The second-order valence-corrected chi connectivity index (χ2v) is 5.07. The molecule has 1 aromatic rings. The van der Waals surface area contributed by atoms with Crippen LogP contribution < -0.4 is 4.90 Å². The zero-order valence-electron chi connectivity index (χ0n) is 10.6. The van der Waals surface area contributed by atoms with Gasteiger partial charge in [-0.05, 0) is 31.4 Å². The zero-order valence-corrected chi connectivity index (χ0v) is 11.3. The third kappa shape index (κ3) is 3.67. The van der Waals surface area contributed by atoms with Crippen LogP contribution in [0.15, 0.2) is 18.3 Å². The van der Waals surface area contributed by atoms with E-state index < -0.39 is 0 Å². The van der Waals surface area contributed by atoms with Crippen molar-refractivity contribution >= 4 is 17.4 Å². The molecule has 0 N–H and O–H groups in total. The maximum Gasteiger partial charge on any atom is 0.128 e. The van der Waals surface area contributed by atoms with Crippen LogP contribution in [-0.4, -0.2) is 17.6 Å². The summed E-state index contributed by atoms with van der Waals surface area (Å²) in [5, 5.41) is 0. The number of alkyl halides is 1. The largest absolute Gasteiger partial charge is 0.354 e. The van der Waals surface area contributed by atoms with Crippen LogP contribution in [0, 0.1) is 5.92 Å². The van der Waals surface area contributed by atoms with Crippen molar-refractivity contribution in [3.63, 3.8) is 0 Å². The van der Waals surface area contributed by atoms with Gasteiger partial charge < -0.3 is 4.90 Å². The highest BCUT2D eigenvalue weighted by atomic mass is 35.5. The van der Waals surface area contributed by atoms with Gasteiger partial charge in [0, 0.05) is 24.7 Å². The molecule has 0 aromatic carbocycles. The Morgan fingerprint density at radius 2 is 1.94 bits per heavy atom. The number of hydrogen-bond donors (Lipinski definition) is 0. The number of pyridine rings is 1. The molecule has 0 radical (unpaired) electrons. The van der Waals surface area contributed by atoms with Gasteiger partial charge in [0.2, 0.25) is 0 Å². The van der Waals surface area contributed by atoms with Gasteiger partial charge >= 0.3 is 0 Å². The first-order valence-corrected chi connectivity index (χ1v) is 6.35. The van der Waals surface area contributed by atoms with Gasteiger partial charge in [-0.15, -0.1) is 11.6 Å². The van der Waals surface area contributed by atoms with Crippen molar-refractivity contribution in [3.8, 4) is 0 Å². The summed E-state index contributed by atoms with van der Waals surface area (Å²) in [7, 11) is 0. The van der Waals surface area contributed by atoms with Crippen LogP contribution in [-0.2, 0) is 5.88 Å². The molecule has 16 heavy (non-hydrogen) atoms. The molecule has 0 fully saturated rings. The first-order chi connectivity index (χ1) is 7.54. The molecule has 0 spiro atoms. The molecule has 0 aliphatic carbocycles. The van der Waals surface area contributed by atoms with Crippen molar-refractivity contribution in [2.75, 3.05) is 11.4 Å². The normalized spacial score (nSPS) is 11.2. The molecule has 1 rings (SSSR count). The van der Waals surface area contributed by atoms with E-state index in [4.69, 9.17) is 11.6 Å². The highest BCUT2D eigenvalue weighted by Gasteiger charge is 2.12. The lowest BCUT2D eigenvalue weighted by Gasteiger charge is -2.29. The van der Waals surface area contributed by atoms with Gasteiger partial charge in [-0.1, -0.05) is 19.9 Å². The summed E-state index contributed by atoms with van der Waals surface area (Å²) in [5.41, 5.74) is 1.07. The average Bonchev–Trinajstić information content (AvgIpc) is 2.25. The molecule has 0 saturated heterocycles. The van der Waals surface area contributed by atoms with Crippen molar-refractivity contribution in [3.05, 3.63) is 23.9 Å². The molecule has 0 aliphatic rings. The Morgan fingerprint density at radius 3 is 2.31 bits per heavy atom. The molecule has 0 saturated carbocycles. The zero-order chi connectivity index (χ0) is 12.1. The minimum Gasteiger partial charge on any atom is -0.354 e. The van der Waals surface area contributed by atoms with E-state index >= 15 is 0 Å². The highest BCUT2D eigenvalue weighted by molar-refractivity contribution is 6.17. The molecule has 0 unspecified atom stereocenters. The van der Waals surface area contributed by atoms with Crippen molar-refractivity contribution < 1.29 is 0 Å². The predicted molar refractivity (Wildman–Crippen MR) is 71.1 cm³/mol. The Morgan fingerprint density at radius 1 is 1.25 bits per heavy atom. The predicted octanol–water partition coefficient (Wildman–Crippen LogP) is 3.69. The van der Waals surface area contributed by atoms with E-state index in [0.29, 0.717) is 17.8 Å². The molecule has 0 atom stereocenters. The topological polar surface area (TPSA) is 16.1 Å². The first-order valence-electron chi connectivity index (χ1n) is 5.82. The molecule has 1 aromatic heterocycles. The summed E-state index contributed by atoms with van der Waals surface area (Å²) in [4.78, 5) is 6.79. The Labute approximate surface area is 104 Å². The minimum atomic E-state index is 0.469. The minimum absolute atomic E-state index is 0.469. The Bertz CT molecular complexity index is 306. The van der Waals surface area contributed by atoms with Crippen LogP contribution in [0.2, 0.25) is 0 Å². The van der Waals surface area contributed by atoms with Gasteiger partial charge in [-0.2, -0.15) is 0 Å². The Hall–Kier alpha value is -0.760. The third-order valence-electron chi connectivity index (χ3n) is 2.44. The number of rotatable bonds is 5. The molecular weight excluding hydrogens is 220 g/mol. The average molecular weight is 241 g/mol. The van der Waals surface area contributed by atoms with Gasteiger partial charge in [0.25, 0.3) is 0 Å². The summed E-state index contributed by atoms with van der Waals surface area (Å²) < 4.78 is 0. The van der Waals surface area contributed by atoms with Crippen LogP contribution in [0.5, 0.6) is 0 Å². The van der Waals surface area contributed by atoms with Crippen LogP contribution in [0.1, 0.15) is 33.3 Å². The number of nitrogens with zero attached hydrogens (tertiary/aromatic N) is 2. The van der Waals surface area contributed by atoms with Crippen molar-refractivity contribution in [2.45, 2.75) is 39.6 Å². The summed E-state index contributed by atoms with van der Waals surface area (Å²) in [5.74, 6) is 2.20. The summed E-state index contributed by atoms with van der Waals surface area (Å²) in [6.07, 6.45) is 1.86. The molecule has 0 aliphatic heterocycles. The van der Waals surface area contributed by atoms with Crippen LogP contribution in [0.4, 0.5) is 5.82 Å². The van der Waals surface area contributed by atoms with Crippen LogP contribution in [0.3, 0.4) is 0 Å². The van der Waals surface area contributed by atoms with E-state index in [1.165, 1.54) is 0 Å². The first kappa shape index (κ1) is 13.3. The fourth-order valence-electron chi connectivity index (χ4n) is 1.63. The number of anilines is 1. The molecule has 1 heterocycles.